The quantitative estimate of drug-likeness (QED) is 0.0717. The molecule has 54 heavy (non-hydrogen) atoms. The lowest BCUT2D eigenvalue weighted by Crippen LogP contribution is -2.24. The summed E-state index contributed by atoms with van der Waals surface area (Å²) in [7, 11) is 0. The van der Waals surface area contributed by atoms with E-state index in [4.69, 9.17) is 36.1 Å². The van der Waals surface area contributed by atoms with Crippen LogP contribution in [0.1, 0.15) is 67.9 Å². The number of nitrogens with zero attached hydrogens (tertiary/aromatic N) is 4. The van der Waals surface area contributed by atoms with Gasteiger partial charge >= 0.3 is 0 Å². The number of nitrogens with one attached hydrogen (secondary N) is 2. The van der Waals surface area contributed by atoms with Gasteiger partial charge in [-0.15, -0.1) is 0 Å². The number of carbonyl (C=O) groups is 3. The highest BCUT2D eigenvalue weighted by Gasteiger charge is 2.25. The number of primary amides is 2. The van der Waals surface area contributed by atoms with E-state index in [0.29, 0.717) is 58.3 Å². The lowest BCUT2D eigenvalue weighted by atomic mass is 10.3. The van der Waals surface area contributed by atoms with Gasteiger partial charge < -0.3 is 55.9 Å². The van der Waals surface area contributed by atoms with E-state index in [0.717, 1.165) is 48.5 Å². The zero-order valence-electron chi connectivity index (χ0n) is 30.0. The number of imidazole rings is 2. The van der Waals surface area contributed by atoms with E-state index in [-0.39, 0.29) is 30.9 Å². The van der Waals surface area contributed by atoms with E-state index in [2.05, 4.69) is 86.6 Å². The first-order valence-corrected chi connectivity index (χ1v) is 20.7. The summed E-state index contributed by atoms with van der Waals surface area (Å²) < 4.78 is 27.3. The van der Waals surface area contributed by atoms with Gasteiger partial charge in [-0.2, -0.15) is 0 Å². The van der Waals surface area contributed by atoms with Gasteiger partial charge in [0, 0.05) is 43.0 Å². The van der Waals surface area contributed by atoms with Crippen molar-refractivity contribution in [2.75, 3.05) is 31.2 Å². The number of hydrogen-bond donors (Lipinski definition) is 5. The number of halogens is 2. The molecule has 8 N–H and O–H groups in total. The third-order valence-electron chi connectivity index (χ3n) is 7.77. The van der Waals surface area contributed by atoms with Gasteiger partial charge in [-0.3, -0.25) is 14.4 Å². The number of unbranched alkanes of at least 4 members (excludes halogenated alkanes) is 1. The second-order valence-corrected chi connectivity index (χ2v) is 16.6. The number of amides is 3. The Morgan fingerprint density at radius 1 is 0.815 bits per heavy atom. The molecule has 0 spiro atoms. The van der Waals surface area contributed by atoms with E-state index in [1.807, 2.05) is 33.4 Å². The molecule has 20 heteroatoms. The summed E-state index contributed by atoms with van der Waals surface area (Å²) in [5, 5.41) is 7.27. The van der Waals surface area contributed by atoms with E-state index in [1.165, 1.54) is 30.4 Å². The van der Waals surface area contributed by atoms with Gasteiger partial charge in [0.15, 0.2) is 44.7 Å². The van der Waals surface area contributed by atoms with Gasteiger partial charge in [0.1, 0.15) is 11.6 Å². The van der Waals surface area contributed by atoms with E-state index >= 15 is 0 Å². The van der Waals surface area contributed by atoms with Crippen LogP contribution in [0.2, 0.25) is 0 Å². The molecular weight excluding hydrogens is 964 g/mol. The molecule has 0 saturated carbocycles. The molecule has 2 aromatic heterocycles. The Morgan fingerprint density at radius 2 is 1.30 bits per heavy atom. The van der Waals surface area contributed by atoms with Crippen molar-refractivity contribution in [3.63, 3.8) is 0 Å². The first-order valence-electron chi connectivity index (χ1n) is 16.9. The molecule has 2 aliphatic rings. The Balaban J connectivity index is 0.000000208. The van der Waals surface area contributed by atoms with Gasteiger partial charge in [-0.1, -0.05) is 50.7 Å². The number of nitrogens with two attached hydrogens (primary N) is 3. The standard InChI is InChI=1S/C17H22IN5O3S.C17H19IN4O4S/c1-9(2)21-4-3-5-23-15(19)14(16(20)24)22-17(23)27-13-7-12-11(6-10(13)18)25-8-26-12;1-3-4-5-22-16(20-9(2)23)14(15(19)24)21-17(22)27-13-7-12-11(6-10(13)18)25-8-26-12/h6-7,9,21H,3-5,8,19H2,1-2H3,(H2,20,24);6-7H,3-5,8H2,1-2H3,(H2,19,24)(H,20,23). The number of benzene rings is 2. The molecule has 16 nitrogen and oxygen atoms in total. The molecule has 6 rings (SSSR count). The van der Waals surface area contributed by atoms with E-state index in [1.54, 1.807) is 0 Å². The fraction of sp³-hybridized carbons (Fsp3) is 0.382. The van der Waals surface area contributed by atoms with E-state index in [9.17, 15) is 14.4 Å². The molecule has 0 aliphatic carbocycles. The zero-order chi connectivity index (χ0) is 39.1. The van der Waals surface area contributed by atoms with Crippen LogP contribution >= 0.6 is 68.7 Å². The maximum atomic E-state index is 11.9. The van der Waals surface area contributed by atoms with Crippen LogP contribution < -0.4 is 46.8 Å². The highest BCUT2D eigenvalue weighted by Crippen LogP contribution is 2.43. The summed E-state index contributed by atoms with van der Waals surface area (Å²) in [6.45, 7) is 10.1. The van der Waals surface area contributed by atoms with Gasteiger partial charge in [-0.25, -0.2) is 9.97 Å². The molecule has 0 bridgehead atoms. The maximum Gasteiger partial charge on any atom is 0.271 e. The van der Waals surface area contributed by atoms with Crippen LogP contribution in [0.15, 0.2) is 44.4 Å². The fourth-order valence-electron chi connectivity index (χ4n) is 5.20. The number of nitrogen functional groups attached to an aromatic ring is 1. The molecule has 0 unspecified atom stereocenters. The molecule has 3 amide bonds. The number of fused-ring (bicyclic) bond motifs is 2. The van der Waals surface area contributed by atoms with Crippen molar-refractivity contribution in [3.05, 3.63) is 42.8 Å². The second kappa shape index (κ2) is 18.8. The van der Waals surface area contributed by atoms with Crippen LogP contribution in [-0.2, 0) is 17.9 Å². The highest BCUT2D eigenvalue weighted by molar-refractivity contribution is 14.1. The number of carbonyl (C=O) groups excluding carboxylic acids is 3. The maximum absolute atomic E-state index is 11.9. The fourth-order valence-corrected chi connectivity index (χ4v) is 8.64. The minimum Gasteiger partial charge on any atom is -0.454 e. The zero-order valence-corrected chi connectivity index (χ0v) is 35.9. The Morgan fingerprint density at radius 3 is 1.78 bits per heavy atom. The minimum atomic E-state index is -0.684. The number of anilines is 2. The van der Waals surface area contributed by atoms with Crippen molar-refractivity contribution in [1.29, 1.82) is 0 Å². The van der Waals surface area contributed by atoms with Gasteiger partial charge in [-0.05, 0) is 88.8 Å². The summed E-state index contributed by atoms with van der Waals surface area (Å²) in [6.07, 6.45) is 2.67. The first kappa shape index (κ1) is 41.6. The van der Waals surface area contributed by atoms with Crippen molar-refractivity contribution in [1.82, 2.24) is 24.4 Å². The predicted octanol–water partition coefficient (Wildman–Crippen LogP) is 5.66. The third kappa shape index (κ3) is 10.2. The summed E-state index contributed by atoms with van der Waals surface area (Å²) >= 11 is 7.26. The largest absolute Gasteiger partial charge is 0.454 e. The summed E-state index contributed by atoms with van der Waals surface area (Å²) in [5.74, 6) is 1.82. The Kier molecular flexibility index (Phi) is 14.5. The van der Waals surface area contributed by atoms with Gasteiger partial charge in [0.05, 0.1) is 0 Å². The first-order chi connectivity index (χ1) is 25.8. The molecule has 2 aromatic carbocycles. The number of ether oxygens (including phenoxy) is 4. The van der Waals surface area contributed by atoms with Crippen molar-refractivity contribution < 1.29 is 33.3 Å². The molecule has 290 valence electrons. The van der Waals surface area contributed by atoms with Crippen LogP contribution in [0, 0.1) is 7.14 Å². The lowest BCUT2D eigenvalue weighted by Gasteiger charge is -2.12. The molecule has 0 atom stereocenters. The average molecular weight is 1010 g/mol. The predicted molar refractivity (Wildman–Crippen MR) is 222 cm³/mol. The van der Waals surface area contributed by atoms with Crippen molar-refractivity contribution in [2.24, 2.45) is 11.5 Å². The Hall–Kier alpha value is -3.61. The molecule has 2 aliphatic heterocycles. The van der Waals surface area contributed by atoms with Crippen molar-refractivity contribution in [3.8, 4) is 23.0 Å². The summed E-state index contributed by atoms with van der Waals surface area (Å²) in [4.78, 5) is 45.8. The van der Waals surface area contributed by atoms with Crippen LogP contribution in [0.5, 0.6) is 23.0 Å². The van der Waals surface area contributed by atoms with E-state index < -0.39 is 11.8 Å². The third-order valence-corrected chi connectivity index (χ3v) is 12.4. The van der Waals surface area contributed by atoms with Crippen LogP contribution in [-0.4, -0.2) is 63.0 Å². The second-order valence-electron chi connectivity index (χ2n) is 12.2. The molecule has 0 saturated heterocycles. The molecular formula is C34H41I2N9O7S2. The van der Waals surface area contributed by atoms with Crippen molar-refractivity contribution >= 4 is 98.1 Å². The highest BCUT2D eigenvalue weighted by atomic mass is 127. The lowest BCUT2D eigenvalue weighted by molar-refractivity contribution is -0.114. The Bertz CT molecular complexity index is 2040. The van der Waals surface area contributed by atoms with Crippen LogP contribution in [0.3, 0.4) is 0 Å². The topological polar surface area (TPSA) is 226 Å². The average Bonchev–Trinajstić information content (AvgIpc) is 3.89. The number of rotatable bonds is 15. The molecule has 0 fully saturated rings. The molecule has 4 aromatic rings. The minimum absolute atomic E-state index is 0.0551. The summed E-state index contributed by atoms with van der Waals surface area (Å²) in [5.41, 5.74) is 17.2. The SMILES string of the molecule is CC(C)NCCCn1c(Sc2cc3c(cc2I)OCO3)nc(C(N)=O)c1N.CCCCn1c(Sc2cc3c(cc2I)OCO3)nc(C(N)=O)c1NC(C)=O. The summed E-state index contributed by atoms with van der Waals surface area (Å²) in [6, 6.07) is 8.03. The molecule has 4 heterocycles. The van der Waals surface area contributed by atoms with Gasteiger partial charge in [0.25, 0.3) is 11.8 Å². The van der Waals surface area contributed by atoms with Crippen LogP contribution in [0.25, 0.3) is 0 Å². The van der Waals surface area contributed by atoms with Crippen LogP contribution in [0.4, 0.5) is 11.6 Å². The number of aromatic nitrogens is 4. The molecule has 0 radical (unpaired) electrons. The Labute approximate surface area is 348 Å². The van der Waals surface area contributed by atoms with Crippen molar-refractivity contribution in [2.45, 2.75) is 86.2 Å². The normalized spacial score (nSPS) is 12.5. The number of hydrogen-bond acceptors (Lipinski definition) is 13. The van der Waals surface area contributed by atoms with Gasteiger partial charge in [0.2, 0.25) is 19.5 Å². The smallest absolute Gasteiger partial charge is 0.271 e. The monoisotopic (exact) mass is 1010 g/mol.